The molecule has 0 spiro atoms. The summed E-state index contributed by atoms with van der Waals surface area (Å²) in [6.45, 7) is 1.16. The van der Waals surface area contributed by atoms with Gasteiger partial charge in [0.1, 0.15) is 0 Å². The van der Waals surface area contributed by atoms with Gasteiger partial charge in [-0.05, 0) is 18.8 Å². The van der Waals surface area contributed by atoms with E-state index in [4.69, 9.17) is 5.11 Å². The van der Waals surface area contributed by atoms with E-state index in [1.807, 2.05) is 0 Å². The quantitative estimate of drug-likeness (QED) is 0.818. The molecule has 20 heavy (non-hydrogen) atoms. The number of amides is 1. The smallest absolute Gasteiger partial charge is 0.358 e. The lowest BCUT2D eigenvalue weighted by atomic mass is 10.0. The first-order valence-corrected chi connectivity index (χ1v) is 6.73. The van der Waals surface area contributed by atoms with E-state index in [-0.39, 0.29) is 17.6 Å². The van der Waals surface area contributed by atoms with Crippen LogP contribution in [0.25, 0.3) is 0 Å². The Balaban J connectivity index is 1.51. The highest BCUT2D eigenvalue weighted by Gasteiger charge is 2.33. The van der Waals surface area contributed by atoms with Crippen LogP contribution in [-0.2, 0) is 4.79 Å². The molecule has 1 saturated heterocycles. The predicted molar refractivity (Wildman–Crippen MR) is 69.1 cm³/mol. The van der Waals surface area contributed by atoms with Gasteiger partial charge in [-0.1, -0.05) is 17.4 Å². The van der Waals surface area contributed by atoms with E-state index in [0.717, 1.165) is 12.8 Å². The summed E-state index contributed by atoms with van der Waals surface area (Å²) in [6.07, 6.45) is 8.35. The first-order chi connectivity index (χ1) is 9.63. The summed E-state index contributed by atoms with van der Waals surface area (Å²) in [7, 11) is 0. The van der Waals surface area contributed by atoms with E-state index in [1.165, 1.54) is 10.9 Å². The zero-order valence-electron chi connectivity index (χ0n) is 11.0. The van der Waals surface area contributed by atoms with Crippen LogP contribution in [0.2, 0.25) is 0 Å². The summed E-state index contributed by atoms with van der Waals surface area (Å²) < 4.78 is 1.53. The van der Waals surface area contributed by atoms with Crippen LogP contribution < -0.4 is 0 Å². The summed E-state index contributed by atoms with van der Waals surface area (Å²) >= 11 is 0. The Hall–Kier alpha value is -2.18. The molecular formula is C13H16N4O3. The number of carboxylic acids is 1. The van der Waals surface area contributed by atoms with Gasteiger partial charge in [-0.2, -0.15) is 0 Å². The molecule has 1 atom stereocenters. The Bertz CT molecular complexity index is 560. The molecule has 0 saturated carbocycles. The van der Waals surface area contributed by atoms with Crippen LogP contribution in [0.15, 0.2) is 18.3 Å². The minimum absolute atomic E-state index is 0.0404. The number of carbonyl (C=O) groups excluding carboxylic acids is 1. The number of aromatic nitrogens is 3. The standard InChI is InChI=1S/C13H16N4O3/c18-12(5-9-3-1-2-4-9)16-6-10(7-16)17-8-11(13(19)20)14-15-17/h1,3,8-10H,2,4-7H2,(H,19,20). The molecule has 1 fully saturated rings. The molecule has 106 valence electrons. The number of hydrogen-bond acceptors (Lipinski definition) is 4. The van der Waals surface area contributed by atoms with Gasteiger partial charge < -0.3 is 10.0 Å². The minimum atomic E-state index is -1.09. The van der Waals surface area contributed by atoms with Gasteiger partial charge >= 0.3 is 5.97 Å². The van der Waals surface area contributed by atoms with Crippen LogP contribution >= 0.6 is 0 Å². The Morgan fingerprint density at radius 2 is 2.20 bits per heavy atom. The Morgan fingerprint density at radius 3 is 2.80 bits per heavy atom. The molecular weight excluding hydrogens is 260 g/mol. The van der Waals surface area contributed by atoms with Gasteiger partial charge in [-0.3, -0.25) is 4.79 Å². The molecule has 2 aliphatic rings. The van der Waals surface area contributed by atoms with E-state index < -0.39 is 5.97 Å². The first-order valence-electron chi connectivity index (χ1n) is 6.73. The highest BCUT2D eigenvalue weighted by atomic mass is 16.4. The van der Waals surface area contributed by atoms with Gasteiger partial charge in [-0.15, -0.1) is 5.10 Å². The van der Waals surface area contributed by atoms with Crippen molar-refractivity contribution in [3.8, 4) is 0 Å². The van der Waals surface area contributed by atoms with E-state index in [2.05, 4.69) is 22.5 Å². The van der Waals surface area contributed by atoms with Crippen LogP contribution in [0, 0.1) is 5.92 Å². The first kappa shape index (κ1) is 12.8. The number of nitrogens with zero attached hydrogens (tertiary/aromatic N) is 4. The summed E-state index contributed by atoms with van der Waals surface area (Å²) in [6, 6.07) is 0.0404. The third-order valence-electron chi connectivity index (χ3n) is 3.87. The second kappa shape index (κ2) is 5.07. The fourth-order valence-corrected chi connectivity index (χ4v) is 2.60. The van der Waals surface area contributed by atoms with Crippen LogP contribution in [0.4, 0.5) is 0 Å². The normalized spacial score (nSPS) is 22.0. The van der Waals surface area contributed by atoms with Crippen molar-refractivity contribution in [3.05, 3.63) is 24.0 Å². The number of hydrogen-bond donors (Lipinski definition) is 1. The molecule has 0 aromatic carbocycles. The molecule has 3 rings (SSSR count). The fourth-order valence-electron chi connectivity index (χ4n) is 2.60. The SMILES string of the molecule is O=C(O)c1cn(C2CN(C(=O)CC3C=CCC3)C2)nn1. The molecule has 1 amide bonds. The second-order valence-corrected chi connectivity index (χ2v) is 5.31. The molecule has 0 radical (unpaired) electrons. The number of likely N-dealkylation sites (tertiary alicyclic amines) is 1. The van der Waals surface area contributed by atoms with Crippen LogP contribution in [0.5, 0.6) is 0 Å². The number of aromatic carboxylic acids is 1. The Labute approximate surface area is 115 Å². The maximum atomic E-state index is 12.0. The zero-order valence-corrected chi connectivity index (χ0v) is 11.0. The molecule has 0 bridgehead atoms. The lowest BCUT2D eigenvalue weighted by Gasteiger charge is -2.39. The molecule has 1 unspecified atom stereocenters. The largest absolute Gasteiger partial charge is 0.476 e. The van der Waals surface area contributed by atoms with Crippen molar-refractivity contribution in [2.75, 3.05) is 13.1 Å². The fraction of sp³-hybridized carbons (Fsp3) is 0.538. The minimum Gasteiger partial charge on any atom is -0.476 e. The van der Waals surface area contributed by atoms with E-state index in [9.17, 15) is 9.59 Å². The van der Waals surface area contributed by atoms with Crippen LogP contribution in [-0.4, -0.2) is 50.0 Å². The number of rotatable bonds is 4. The van der Waals surface area contributed by atoms with Crippen molar-refractivity contribution >= 4 is 11.9 Å². The molecule has 2 heterocycles. The average molecular weight is 276 g/mol. The van der Waals surface area contributed by atoms with Crippen molar-refractivity contribution < 1.29 is 14.7 Å². The second-order valence-electron chi connectivity index (χ2n) is 5.31. The average Bonchev–Trinajstić information content (AvgIpc) is 2.97. The van der Waals surface area contributed by atoms with E-state index in [1.54, 1.807) is 4.90 Å². The van der Waals surface area contributed by atoms with Gasteiger partial charge in [0.15, 0.2) is 5.69 Å². The molecule has 1 N–H and O–H groups in total. The summed E-state index contributed by atoms with van der Waals surface area (Å²) in [5.74, 6) is -0.542. The molecule has 7 nitrogen and oxygen atoms in total. The Kier molecular flexibility index (Phi) is 3.25. The molecule has 7 heteroatoms. The number of carboxylic acid groups (broad SMARTS) is 1. The van der Waals surface area contributed by atoms with Crippen molar-refractivity contribution in [1.82, 2.24) is 19.9 Å². The molecule has 1 aliphatic carbocycles. The number of allylic oxidation sites excluding steroid dienone is 2. The van der Waals surface area contributed by atoms with Crippen molar-refractivity contribution in [3.63, 3.8) is 0 Å². The summed E-state index contributed by atoms with van der Waals surface area (Å²) in [4.78, 5) is 24.5. The van der Waals surface area contributed by atoms with Crippen molar-refractivity contribution in [1.29, 1.82) is 0 Å². The van der Waals surface area contributed by atoms with Gasteiger partial charge in [0.2, 0.25) is 5.91 Å². The van der Waals surface area contributed by atoms with Crippen molar-refractivity contribution in [2.24, 2.45) is 5.92 Å². The predicted octanol–water partition coefficient (Wildman–Crippen LogP) is 0.716. The van der Waals surface area contributed by atoms with E-state index >= 15 is 0 Å². The van der Waals surface area contributed by atoms with E-state index in [0.29, 0.717) is 25.4 Å². The third kappa shape index (κ3) is 2.43. The summed E-state index contributed by atoms with van der Waals surface area (Å²) in [5.41, 5.74) is -0.0640. The molecule has 1 aromatic heterocycles. The van der Waals surface area contributed by atoms with Crippen molar-refractivity contribution in [2.45, 2.75) is 25.3 Å². The maximum Gasteiger partial charge on any atom is 0.358 e. The highest BCUT2D eigenvalue weighted by Crippen LogP contribution is 2.25. The Morgan fingerprint density at radius 1 is 1.40 bits per heavy atom. The lowest BCUT2D eigenvalue weighted by Crippen LogP contribution is -2.51. The van der Waals surface area contributed by atoms with Gasteiger partial charge in [0, 0.05) is 19.5 Å². The van der Waals surface area contributed by atoms with Gasteiger partial charge in [0.05, 0.1) is 12.2 Å². The molecule has 1 aromatic rings. The van der Waals surface area contributed by atoms with Crippen LogP contribution in [0.1, 0.15) is 35.8 Å². The summed E-state index contributed by atoms with van der Waals surface area (Å²) in [5, 5.41) is 16.1. The molecule has 1 aliphatic heterocycles. The lowest BCUT2D eigenvalue weighted by molar-refractivity contribution is -0.137. The van der Waals surface area contributed by atoms with Gasteiger partial charge in [0.25, 0.3) is 0 Å². The van der Waals surface area contributed by atoms with Crippen LogP contribution in [0.3, 0.4) is 0 Å². The highest BCUT2D eigenvalue weighted by molar-refractivity contribution is 5.84. The zero-order chi connectivity index (χ0) is 14.1. The maximum absolute atomic E-state index is 12.0. The third-order valence-corrected chi connectivity index (χ3v) is 3.87. The monoisotopic (exact) mass is 276 g/mol. The van der Waals surface area contributed by atoms with Gasteiger partial charge in [-0.25, -0.2) is 9.48 Å². The number of carbonyl (C=O) groups is 2. The topological polar surface area (TPSA) is 88.3 Å².